The van der Waals surface area contributed by atoms with Crippen LogP contribution in [0.4, 0.5) is 0 Å². The second-order valence-electron chi connectivity index (χ2n) is 2.10. The third kappa shape index (κ3) is 2.96. The van der Waals surface area contributed by atoms with Crippen molar-refractivity contribution in [2.75, 3.05) is 13.1 Å². The summed E-state index contributed by atoms with van der Waals surface area (Å²) in [6, 6.07) is 0. The van der Waals surface area contributed by atoms with Gasteiger partial charge in [-0.3, -0.25) is 11.4 Å². The molecule has 0 unspecified atom stereocenters. The van der Waals surface area contributed by atoms with Gasteiger partial charge in [-0.2, -0.15) is 0 Å². The van der Waals surface area contributed by atoms with Gasteiger partial charge in [-0.1, -0.05) is 0 Å². The molecule has 1 fully saturated rings. The number of hydrogen-bond donors (Lipinski definition) is 2. The summed E-state index contributed by atoms with van der Waals surface area (Å²) in [6.07, 6.45) is 6.10. The van der Waals surface area contributed by atoms with E-state index < -0.39 is 0 Å². The number of hydrogen-bond acceptors (Lipinski definition) is 2. The van der Waals surface area contributed by atoms with Gasteiger partial charge in [0, 0.05) is 45.8 Å². The van der Waals surface area contributed by atoms with Crippen molar-refractivity contribution in [1.82, 2.24) is 10.6 Å². The fourth-order valence-electron chi connectivity index (χ4n) is 0.979. The van der Waals surface area contributed by atoms with Crippen LogP contribution in [0, 0.1) is 12.2 Å². The molecule has 0 bridgehead atoms. The molecule has 0 saturated carbocycles. The van der Waals surface area contributed by atoms with E-state index in [9.17, 15) is 0 Å². The second kappa shape index (κ2) is 5.79. The molecular weight excluding hydrogens is 213 g/mol. The van der Waals surface area contributed by atoms with Gasteiger partial charge < -0.3 is 22.8 Å². The van der Waals surface area contributed by atoms with Gasteiger partial charge >= 0.3 is 0 Å². The van der Waals surface area contributed by atoms with Gasteiger partial charge in [0.05, 0.1) is 0 Å². The Morgan fingerprint density at radius 1 is 1.00 bits per heavy atom. The summed E-state index contributed by atoms with van der Waals surface area (Å²) in [7, 11) is 0. The van der Waals surface area contributed by atoms with Crippen molar-refractivity contribution >= 4 is 0 Å². The Morgan fingerprint density at radius 3 is 1.64 bits per heavy atom. The molecule has 2 N–H and O–H groups in total. The Bertz CT molecular complexity index is 153. The summed E-state index contributed by atoms with van der Waals surface area (Å²) in [5, 5.41) is 6.43. The molecule has 1 saturated heterocycles. The summed E-state index contributed by atoms with van der Waals surface area (Å²) in [5.74, 6) is 0. The van der Waals surface area contributed by atoms with E-state index in [0.29, 0.717) is 0 Å². The van der Waals surface area contributed by atoms with Gasteiger partial charge in [-0.05, 0) is 0 Å². The molecule has 0 atom stereocenters. The molecule has 11 heavy (non-hydrogen) atoms. The minimum atomic E-state index is 0. The van der Waals surface area contributed by atoms with Crippen molar-refractivity contribution in [3.05, 3.63) is 23.5 Å². The predicted octanol–water partition coefficient (Wildman–Crippen LogP) is 0.591. The predicted molar refractivity (Wildman–Crippen MR) is 40.9 cm³/mol. The minimum absolute atomic E-state index is 0. The first-order valence-corrected chi connectivity index (χ1v) is 3.46. The smallest absolute Gasteiger partial charge is 0.0123 e. The molecule has 0 aromatic carbocycles. The molecule has 0 aromatic heterocycles. The van der Waals surface area contributed by atoms with Crippen LogP contribution in [-0.4, -0.2) is 13.1 Å². The average Bonchev–Trinajstić information content (AvgIpc) is 2.04. The van der Waals surface area contributed by atoms with Crippen molar-refractivity contribution in [2.45, 2.75) is 13.8 Å². The number of allylic oxidation sites excluding steroid dienone is 2. The molecule has 1 radical (unpaired) electrons. The van der Waals surface area contributed by atoms with Gasteiger partial charge in [0.1, 0.15) is 0 Å². The fourth-order valence-corrected chi connectivity index (χ4v) is 0.979. The van der Waals surface area contributed by atoms with Crippen LogP contribution in [0.2, 0.25) is 0 Å². The van der Waals surface area contributed by atoms with Crippen molar-refractivity contribution in [3.8, 4) is 0 Å². The van der Waals surface area contributed by atoms with Crippen LogP contribution in [0.25, 0.3) is 0 Å². The summed E-state index contributed by atoms with van der Waals surface area (Å²) in [5.41, 5.74) is 2.07. The Balaban J connectivity index is 0.000001000. The van der Waals surface area contributed by atoms with Crippen LogP contribution in [0.5, 0.6) is 0 Å². The van der Waals surface area contributed by atoms with Crippen molar-refractivity contribution in [2.24, 2.45) is 0 Å². The van der Waals surface area contributed by atoms with Crippen LogP contribution < -0.4 is 10.6 Å². The van der Waals surface area contributed by atoms with Crippen molar-refractivity contribution in [1.29, 1.82) is 0 Å². The molecule has 1 aliphatic rings. The van der Waals surface area contributed by atoms with E-state index >= 15 is 0 Å². The Hall–Kier alpha value is 0.184. The third-order valence-corrected chi connectivity index (χ3v) is 1.48. The first kappa shape index (κ1) is 11.2. The summed E-state index contributed by atoms with van der Waals surface area (Å²) < 4.78 is 0. The van der Waals surface area contributed by atoms with Crippen LogP contribution in [-0.2, 0) is 32.7 Å². The normalized spacial score (nSPS) is 23.8. The molecule has 1 aliphatic heterocycles. The first-order chi connectivity index (χ1) is 4.88. The molecule has 1 rings (SSSR count). The van der Waals surface area contributed by atoms with Gasteiger partial charge in [0.2, 0.25) is 0 Å². The van der Waals surface area contributed by atoms with E-state index in [1.165, 1.54) is 0 Å². The molecule has 3 heteroatoms. The van der Waals surface area contributed by atoms with E-state index in [4.69, 9.17) is 0 Å². The molecule has 1 heterocycles. The Morgan fingerprint density at radius 2 is 1.36 bits per heavy atom. The summed E-state index contributed by atoms with van der Waals surface area (Å²) in [6.45, 7) is 5.74. The topological polar surface area (TPSA) is 24.1 Å². The Labute approximate surface area is 93.4 Å². The second-order valence-corrected chi connectivity index (χ2v) is 2.10. The van der Waals surface area contributed by atoms with Crippen LogP contribution in [0.15, 0.2) is 11.4 Å². The molecule has 59 valence electrons. The van der Waals surface area contributed by atoms with Crippen LogP contribution in [0.1, 0.15) is 13.8 Å². The molecule has 0 spiro atoms. The zero-order chi connectivity index (χ0) is 7.40. The minimum Gasteiger partial charge on any atom is -0.493 e. The average molecular weight is 225 g/mol. The fraction of sp³-hybridized carbons (Fsp3) is 0.500. The first-order valence-electron chi connectivity index (χ1n) is 3.46. The molecule has 0 aliphatic carbocycles. The van der Waals surface area contributed by atoms with Crippen LogP contribution in [0.3, 0.4) is 0 Å². The number of piperazine rings is 1. The zero-order valence-corrected chi connectivity index (χ0v) is 9.83. The maximum Gasteiger partial charge on any atom is 0.0123 e. The van der Waals surface area contributed by atoms with Crippen molar-refractivity contribution in [3.63, 3.8) is 0 Å². The number of rotatable bonds is 0. The number of nitrogens with one attached hydrogen (secondary N) is 2. The maximum atomic E-state index is 3.21. The summed E-state index contributed by atoms with van der Waals surface area (Å²) >= 11 is 0. The van der Waals surface area contributed by atoms with Gasteiger partial charge in [-0.25, -0.2) is 0 Å². The SMILES string of the molecule is C[C-]=C1NCCNC1=[C-]C.[Y]. The van der Waals surface area contributed by atoms with Crippen molar-refractivity contribution < 1.29 is 32.7 Å². The van der Waals surface area contributed by atoms with E-state index in [2.05, 4.69) is 22.8 Å². The monoisotopic (exact) mass is 225 g/mol. The maximum absolute atomic E-state index is 3.21. The quantitative estimate of drug-likeness (QED) is 0.589. The zero-order valence-electron chi connectivity index (χ0n) is 6.99. The van der Waals surface area contributed by atoms with Gasteiger partial charge in [-0.15, -0.1) is 13.8 Å². The third-order valence-electron chi connectivity index (χ3n) is 1.48. The summed E-state index contributed by atoms with van der Waals surface area (Å²) in [4.78, 5) is 0. The largest absolute Gasteiger partial charge is 0.493 e. The molecule has 0 amide bonds. The van der Waals surface area contributed by atoms with Gasteiger partial charge in [0.15, 0.2) is 0 Å². The molecular formula is C8H12N2Y-2. The van der Waals surface area contributed by atoms with Crippen LogP contribution >= 0.6 is 0 Å². The Kier molecular flexibility index (Phi) is 5.88. The van der Waals surface area contributed by atoms with E-state index in [-0.39, 0.29) is 32.7 Å². The molecule has 0 aromatic rings. The van der Waals surface area contributed by atoms with E-state index in [1.807, 2.05) is 13.8 Å². The standard InChI is InChI=1S/C8H12N2.Y/c1-3-7-8(4-2)10-6-5-9-7;/h9-10H,5-6H2,1-2H3;/q-2;. The van der Waals surface area contributed by atoms with E-state index in [1.54, 1.807) is 0 Å². The molecule has 2 nitrogen and oxygen atoms in total. The van der Waals surface area contributed by atoms with Gasteiger partial charge in [0.25, 0.3) is 0 Å². The van der Waals surface area contributed by atoms with E-state index in [0.717, 1.165) is 24.5 Å².